The van der Waals surface area contributed by atoms with E-state index in [4.69, 9.17) is 5.73 Å². The van der Waals surface area contributed by atoms with Gasteiger partial charge in [-0.15, -0.1) is 12.4 Å². The second-order valence-corrected chi connectivity index (χ2v) is 8.43. The molecule has 1 aromatic carbocycles. The molecule has 2 unspecified atom stereocenters. The lowest BCUT2D eigenvalue weighted by molar-refractivity contribution is -0.138. The Bertz CT molecular complexity index is 662. The van der Waals surface area contributed by atoms with Gasteiger partial charge in [0, 0.05) is 51.7 Å². The Morgan fingerprint density at radius 3 is 2.38 bits per heavy atom. The van der Waals surface area contributed by atoms with Gasteiger partial charge in [0.15, 0.2) is 0 Å². The first-order valence-corrected chi connectivity index (χ1v) is 10.5. The van der Waals surface area contributed by atoms with Gasteiger partial charge in [-0.1, -0.05) is 30.3 Å². The van der Waals surface area contributed by atoms with Gasteiger partial charge in [0.05, 0.1) is 0 Å². The lowest BCUT2D eigenvalue weighted by Gasteiger charge is -2.39. The van der Waals surface area contributed by atoms with Crippen LogP contribution in [0.1, 0.15) is 38.2 Å². The Morgan fingerprint density at radius 1 is 1.10 bits per heavy atom. The van der Waals surface area contributed by atoms with Crippen molar-refractivity contribution >= 4 is 24.3 Å². The van der Waals surface area contributed by atoms with Crippen molar-refractivity contribution in [1.29, 1.82) is 0 Å². The first-order chi connectivity index (χ1) is 13.5. The molecule has 3 amide bonds. The van der Waals surface area contributed by atoms with Crippen LogP contribution >= 0.6 is 12.4 Å². The number of rotatable bonds is 4. The third kappa shape index (κ3) is 6.09. The number of amides is 3. The van der Waals surface area contributed by atoms with E-state index in [-0.39, 0.29) is 36.3 Å². The van der Waals surface area contributed by atoms with E-state index < -0.39 is 0 Å². The molecule has 0 bridgehead atoms. The van der Waals surface area contributed by atoms with E-state index in [1.54, 1.807) is 4.90 Å². The van der Waals surface area contributed by atoms with Crippen LogP contribution in [0, 0.1) is 11.8 Å². The first-order valence-electron chi connectivity index (χ1n) is 10.5. The normalized spacial score (nSPS) is 21.3. The molecule has 2 heterocycles. The number of carbonyl (C=O) groups is 2. The van der Waals surface area contributed by atoms with Gasteiger partial charge >= 0.3 is 6.03 Å². The summed E-state index contributed by atoms with van der Waals surface area (Å²) in [6.45, 7) is 5.58. The molecule has 3 rings (SSSR count). The van der Waals surface area contributed by atoms with E-state index in [1.807, 2.05) is 54.1 Å². The lowest BCUT2D eigenvalue weighted by Crippen LogP contribution is -2.50. The fraction of sp³-hybridized carbons (Fsp3) is 0.636. The van der Waals surface area contributed by atoms with E-state index in [1.165, 1.54) is 0 Å². The molecule has 2 aliphatic rings. The van der Waals surface area contributed by atoms with Gasteiger partial charge in [0.25, 0.3) is 0 Å². The van der Waals surface area contributed by atoms with Crippen LogP contribution in [0.25, 0.3) is 0 Å². The Labute approximate surface area is 180 Å². The van der Waals surface area contributed by atoms with E-state index in [2.05, 4.69) is 0 Å². The smallest absolute Gasteiger partial charge is 0.320 e. The van der Waals surface area contributed by atoms with Crippen LogP contribution in [0.5, 0.6) is 0 Å². The summed E-state index contributed by atoms with van der Waals surface area (Å²) in [6, 6.07) is 10.2. The predicted molar refractivity (Wildman–Crippen MR) is 118 cm³/mol. The topological polar surface area (TPSA) is 69.9 Å². The molecule has 2 saturated heterocycles. The molecule has 29 heavy (non-hydrogen) atoms. The fourth-order valence-corrected chi connectivity index (χ4v) is 4.38. The molecule has 6 nitrogen and oxygen atoms in total. The molecule has 2 aliphatic heterocycles. The van der Waals surface area contributed by atoms with E-state index in [9.17, 15) is 9.59 Å². The molecule has 7 heteroatoms. The maximum Gasteiger partial charge on any atom is 0.320 e. The van der Waals surface area contributed by atoms with Crippen molar-refractivity contribution in [3.8, 4) is 0 Å². The van der Waals surface area contributed by atoms with E-state index in [0.29, 0.717) is 25.6 Å². The minimum Gasteiger partial charge on any atom is -0.342 e. The molecule has 0 aromatic heterocycles. The molecule has 2 atom stereocenters. The SMILES string of the molecule is CC(N)C1CCCN(C(=O)C2CCN(C(=O)N(C)Cc3ccccc3)CC2)C1.Cl. The van der Waals surface area contributed by atoms with Crippen LogP contribution < -0.4 is 5.73 Å². The molecular weight excluding hydrogens is 388 g/mol. The van der Waals surface area contributed by atoms with Crippen LogP contribution in [-0.4, -0.2) is 65.9 Å². The highest BCUT2D eigenvalue weighted by atomic mass is 35.5. The Kier molecular flexibility index (Phi) is 8.78. The van der Waals surface area contributed by atoms with Crippen LogP contribution in [0.15, 0.2) is 30.3 Å². The summed E-state index contributed by atoms with van der Waals surface area (Å²) in [6.07, 6.45) is 3.66. The number of likely N-dealkylation sites (tertiary alicyclic amines) is 2. The maximum absolute atomic E-state index is 12.9. The summed E-state index contributed by atoms with van der Waals surface area (Å²) in [7, 11) is 1.84. The third-order valence-electron chi connectivity index (χ3n) is 6.22. The number of nitrogens with two attached hydrogens (primary N) is 1. The van der Waals surface area contributed by atoms with Gasteiger partial charge in [0.1, 0.15) is 0 Å². The number of piperidine rings is 2. The molecule has 0 radical (unpaired) electrons. The predicted octanol–water partition coefficient (Wildman–Crippen LogP) is 2.96. The summed E-state index contributed by atoms with van der Waals surface area (Å²) in [5.41, 5.74) is 7.18. The van der Waals surface area contributed by atoms with E-state index in [0.717, 1.165) is 44.3 Å². The number of hydrogen-bond donors (Lipinski definition) is 1. The summed E-state index contributed by atoms with van der Waals surface area (Å²) < 4.78 is 0. The van der Waals surface area contributed by atoms with Crippen LogP contribution in [0.4, 0.5) is 4.79 Å². The number of urea groups is 1. The van der Waals surface area contributed by atoms with Gasteiger partial charge in [-0.25, -0.2) is 4.79 Å². The Morgan fingerprint density at radius 2 is 1.76 bits per heavy atom. The van der Waals surface area contributed by atoms with Gasteiger partial charge in [-0.2, -0.15) is 0 Å². The maximum atomic E-state index is 12.9. The van der Waals surface area contributed by atoms with Crippen molar-refractivity contribution in [2.24, 2.45) is 17.6 Å². The Balaban J connectivity index is 0.00000300. The van der Waals surface area contributed by atoms with Crippen LogP contribution in [0.3, 0.4) is 0 Å². The molecule has 2 N–H and O–H groups in total. The summed E-state index contributed by atoms with van der Waals surface area (Å²) in [5.74, 6) is 0.705. The zero-order chi connectivity index (χ0) is 20.1. The quantitative estimate of drug-likeness (QED) is 0.810. The number of halogens is 1. The molecule has 0 aliphatic carbocycles. The van der Waals surface area contributed by atoms with Crippen molar-refractivity contribution in [3.05, 3.63) is 35.9 Å². The highest BCUT2D eigenvalue weighted by molar-refractivity contribution is 5.85. The van der Waals surface area contributed by atoms with Gasteiger partial charge in [0.2, 0.25) is 5.91 Å². The summed E-state index contributed by atoms with van der Waals surface area (Å²) in [4.78, 5) is 31.3. The minimum atomic E-state index is 0. The minimum absolute atomic E-state index is 0. The third-order valence-corrected chi connectivity index (χ3v) is 6.22. The molecule has 162 valence electrons. The van der Waals surface area contributed by atoms with Crippen LogP contribution in [0.2, 0.25) is 0 Å². The molecular formula is C22H35ClN4O2. The molecule has 1 aromatic rings. The summed E-state index contributed by atoms with van der Waals surface area (Å²) >= 11 is 0. The fourth-order valence-electron chi connectivity index (χ4n) is 4.38. The average molecular weight is 423 g/mol. The highest BCUT2D eigenvalue weighted by Crippen LogP contribution is 2.25. The largest absolute Gasteiger partial charge is 0.342 e. The van der Waals surface area contributed by atoms with Gasteiger partial charge < -0.3 is 20.4 Å². The van der Waals surface area contributed by atoms with E-state index >= 15 is 0 Å². The van der Waals surface area contributed by atoms with Crippen molar-refractivity contribution in [3.63, 3.8) is 0 Å². The van der Waals surface area contributed by atoms with Crippen molar-refractivity contribution in [2.45, 2.75) is 45.2 Å². The summed E-state index contributed by atoms with van der Waals surface area (Å²) in [5, 5.41) is 0. The monoisotopic (exact) mass is 422 g/mol. The first kappa shape index (κ1) is 23.5. The van der Waals surface area contributed by atoms with Crippen molar-refractivity contribution in [2.75, 3.05) is 33.2 Å². The van der Waals surface area contributed by atoms with Crippen molar-refractivity contribution < 1.29 is 9.59 Å². The second-order valence-electron chi connectivity index (χ2n) is 8.43. The highest BCUT2D eigenvalue weighted by Gasteiger charge is 2.33. The number of benzene rings is 1. The zero-order valence-corrected chi connectivity index (χ0v) is 18.4. The Hall–Kier alpha value is -1.79. The number of nitrogens with zero attached hydrogens (tertiary/aromatic N) is 3. The second kappa shape index (κ2) is 10.8. The molecule has 2 fully saturated rings. The molecule has 0 spiro atoms. The standard InChI is InChI=1S/C22H34N4O2.ClH/c1-17(23)20-9-6-12-26(16-20)21(27)19-10-13-25(14-11-19)22(28)24(2)15-18-7-4-3-5-8-18;/h3-5,7-8,17,19-20H,6,9-16,23H2,1-2H3;1H. The number of carbonyl (C=O) groups excluding carboxylic acids is 2. The zero-order valence-electron chi connectivity index (χ0n) is 17.6. The van der Waals surface area contributed by atoms with Crippen LogP contribution in [-0.2, 0) is 11.3 Å². The van der Waals surface area contributed by atoms with Gasteiger partial charge in [-0.05, 0) is 44.1 Å². The van der Waals surface area contributed by atoms with Gasteiger partial charge in [-0.3, -0.25) is 4.79 Å². The lowest BCUT2D eigenvalue weighted by atomic mass is 9.89. The van der Waals surface area contributed by atoms with Crippen molar-refractivity contribution in [1.82, 2.24) is 14.7 Å². The number of hydrogen-bond acceptors (Lipinski definition) is 3. The average Bonchev–Trinajstić information content (AvgIpc) is 2.73. The molecule has 0 saturated carbocycles.